The molecule has 22 heavy (non-hydrogen) atoms. The number of allylic oxidation sites excluding steroid dienone is 2. The molecule has 0 aliphatic carbocycles. The number of fused-ring (bicyclic) bond motifs is 1. The van der Waals surface area contributed by atoms with Gasteiger partial charge in [0.2, 0.25) is 0 Å². The average Bonchev–Trinajstić information content (AvgIpc) is 3.16. The van der Waals surface area contributed by atoms with Gasteiger partial charge in [-0.1, -0.05) is 6.58 Å². The third kappa shape index (κ3) is 2.72. The van der Waals surface area contributed by atoms with Crippen LogP contribution in [0.15, 0.2) is 42.4 Å². The number of aromatic nitrogens is 3. The number of rotatable bonds is 5. The summed E-state index contributed by atoms with van der Waals surface area (Å²) in [7, 11) is 0. The number of hydrogen-bond acceptors (Lipinski definition) is 5. The van der Waals surface area contributed by atoms with E-state index in [4.69, 9.17) is 10.4 Å². The standard InChI is InChI=1S/C16H20N6/c1-12(2)13(9-17)10-18-14-11-19-22-8-5-15(20-16(14)22)21-6-3-4-7-21/h5,8-11,17-18H,1,3-4,6-7H2,2H3/b13-10+,17-9?. The van der Waals surface area contributed by atoms with Gasteiger partial charge in [-0.2, -0.15) is 5.10 Å². The molecule has 0 bridgehead atoms. The second kappa shape index (κ2) is 6.01. The Balaban J connectivity index is 1.91. The highest BCUT2D eigenvalue weighted by Gasteiger charge is 2.15. The van der Waals surface area contributed by atoms with Gasteiger partial charge in [-0.3, -0.25) is 0 Å². The minimum absolute atomic E-state index is 0.745. The molecule has 0 spiro atoms. The minimum atomic E-state index is 0.745. The summed E-state index contributed by atoms with van der Waals surface area (Å²) in [6, 6.07) is 2.00. The van der Waals surface area contributed by atoms with Crippen LogP contribution in [0.25, 0.3) is 5.65 Å². The van der Waals surface area contributed by atoms with Crippen molar-refractivity contribution in [3.8, 4) is 0 Å². The van der Waals surface area contributed by atoms with Gasteiger partial charge in [0.1, 0.15) is 11.5 Å². The highest BCUT2D eigenvalue weighted by atomic mass is 15.3. The summed E-state index contributed by atoms with van der Waals surface area (Å²) < 4.78 is 1.75. The molecule has 2 aromatic heterocycles. The van der Waals surface area contributed by atoms with Crippen LogP contribution in [-0.2, 0) is 0 Å². The zero-order valence-corrected chi connectivity index (χ0v) is 12.7. The monoisotopic (exact) mass is 296 g/mol. The predicted molar refractivity (Wildman–Crippen MR) is 89.7 cm³/mol. The summed E-state index contributed by atoms with van der Waals surface area (Å²) in [5, 5.41) is 14.9. The van der Waals surface area contributed by atoms with E-state index >= 15 is 0 Å². The van der Waals surface area contributed by atoms with Crippen molar-refractivity contribution < 1.29 is 0 Å². The maximum Gasteiger partial charge on any atom is 0.180 e. The number of nitrogens with one attached hydrogen (secondary N) is 2. The maximum absolute atomic E-state index is 7.39. The van der Waals surface area contributed by atoms with Crippen molar-refractivity contribution in [2.75, 3.05) is 23.3 Å². The number of nitrogens with zero attached hydrogens (tertiary/aromatic N) is 4. The molecule has 6 heteroatoms. The molecule has 0 aromatic carbocycles. The molecule has 3 heterocycles. The molecule has 1 saturated heterocycles. The predicted octanol–water partition coefficient (Wildman–Crippen LogP) is 2.85. The lowest BCUT2D eigenvalue weighted by molar-refractivity contribution is 0.899. The molecule has 1 aliphatic heterocycles. The van der Waals surface area contributed by atoms with Gasteiger partial charge in [0.25, 0.3) is 0 Å². The summed E-state index contributed by atoms with van der Waals surface area (Å²) in [4.78, 5) is 7.02. The van der Waals surface area contributed by atoms with E-state index in [2.05, 4.69) is 21.9 Å². The molecule has 2 N–H and O–H groups in total. The first-order valence-electron chi connectivity index (χ1n) is 7.41. The largest absolute Gasteiger partial charge is 0.357 e. The first-order valence-corrected chi connectivity index (χ1v) is 7.41. The molecule has 3 rings (SSSR count). The summed E-state index contributed by atoms with van der Waals surface area (Å²) in [5.74, 6) is 0.990. The third-order valence-electron chi connectivity index (χ3n) is 3.82. The molecule has 0 atom stereocenters. The van der Waals surface area contributed by atoms with Crippen LogP contribution >= 0.6 is 0 Å². The normalized spacial score (nSPS) is 15.3. The smallest absolute Gasteiger partial charge is 0.180 e. The Bertz CT molecular complexity index is 736. The Morgan fingerprint density at radius 3 is 2.86 bits per heavy atom. The third-order valence-corrected chi connectivity index (χ3v) is 3.82. The van der Waals surface area contributed by atoms with Gasteiger partial charge < -0.3 is 15.6 Å². The minimum Gasteiger partial charge on any atom is -0.357 e. The quantitative estimate of drug-likeness (QED) is 0.657. The van der Waals surface area contributed by atoms with E-state index in [-0.39, 0.29) is 0 Å². The first-order chi connectivity index (χ1) is 10.7. The average molecular weight is 296 g/mol. The fraction of sp³-hybridized carbons (Fsp3) is 0.312. The van der Waals surface area contributed by atoms with Crippen LogP contribution < -0.4 is 10.2 Å². The van der Waals surface area contributed by atoms with Crippen LogP contribution in [0.5, 0.6) is 0 Å². The summed E-state index contributed by atoms with van der Waals surface area (Å²) in [5.41, 5.74) is 3.19. The Hall–Kier alpha value is -2.63. The van der Waals surface area contributed by atoms with Gasteiger partial charge in [0.05, 0.1) is 6.20 Å². The van der Waals surface area contributed by atoms with Crippen LogP contribution in [0.3, 0.4) is 0 Å². The summed E-state index contributed by atoms with van der Waals surface area (Å²) in [6.45, 7) is 7.85. The Morgan fingerprint density at radius 2 is 2.18 bits per heavy atom. The molecule has 0 saturated carbocycles. The molecule has 2 aromatic rings. The Labute approximate surface area is 129 Å². The van der Waals surface area contributed by atoms with Crippen molar-refractivity contribution in [3.05, 3.63) is 42.4 Å². The molecule has 1 fully saturated rings. The summed E-state index contributed by atoms with van der Waals surface area (Å²) >= 11 is 0. The topological polar surface area (TPSA) is 69.3 Å². The van der Waals surface area contributed by atoms with E-state index in [0.717, 1.165) is 41.4 Å². The lowest BCUT2D eigenvalue weighted by atomic mass is 10.2. The SMILES string of the molecule is C=C(C)/C(C=N)=C/Nc1cnn2ccc(N3CCCC3)nc12. The summed E-state index contributed by atoms with van der Waals surface area (Å²) in [6.07, 6.45) is 9.16. The maximum atomic E-state index is 7.39. The lowest BCUT2D eigenvalue weighted by Gasteiger charge is -2.16. The lowest BCUT2D eigenvalue weighted by Crippen LogP contribution is -2.19. The zero-order valence-electron chi connectivity index (χ0n) is 12.7. The van der Waals surface area contributed by atoms with Gasteiger partial charge in [-0.15, -0.1) is 0 Å². The zero-order chi connectivity index (χ0) is 15.5. The van der Waals surface area contributed by atoms with Crippen LogP contribution in [0.2, 0.25) is 0 Å². The molecule has 6 nitrogen and oxygen atoms in total. The second-order valence-corrected chi connectivity index (χ2v) is 5.48. The first kappa shape index (κ1) is 14.3. The van der Waals surface area contributed by atoms with E-state index in [9.17, 15) is 0 Å². The molecule has 0 unspecified atom stereocenters. The highest BCUT2D eigenvalue weighted by molar-refractivity contribution is 5.83. The van der Waals surface area contributed by atoms with Crippen molar-refractivity contribution in [1.29, 1.82) is 5.41 Å². The molecular weight excluding hydrogens is 276 g/mol. The van der Waals surface area contributed by atoms with Crippen LogP contribution in [-0.4, -0.2) is 33.9 Å². The van der Waals surface area contributed by atoms with Crippen molar-refractivity contribution in [2.45, 2.75) is 19.8 Å². The van der Waals surface area contributed by atoms with Gasteiger partial charge in [-0.05, 0) is 31.4 Å². The van der Waals surface area contributed by atoms with Crippen LogP contribution in [0, 0.1) is 5.41 Å². The molecule has 114 valence electrons. The highest BCUT2D eigenvalue weighted by Crippen LogP contribution is 2.22. The van der Waals surface area contributed by atoms with Crippen LogP contribution in [0.4, 0.5) is 11.5 Å². The van der Waals surface area contributed by atoms with E-state index in [1.54, 1.807) is 16.9 Å². The van der Waals surface area contributed by atoms with Crippen LogP contribution in [0.1, 0.15) is 19.8 Å². The second-order valence-electron chi connectivity index (χ2n) is 5.48. The fourth-order valence-corrected chi connectivity index (χ4v) is 2.53. The number of anilines is 2. The van der Waals surface area contributed by atoms with E-state index in [1.165, 1.54) is 19.1 Å². The van der Waals surface area contributed by atoms with Crippen molar-refractivity contribution in [2.24, 2.45) is 0 Å². The molecular formula is C16H20N6. The molecule has 1 aliphatic rings. The number of hydrogen-bond donors (Lipinski definition) is 2. The molecule has 0 amide bonds. The van der Waals surface area contributed by atoms with Gasteiger partial charge in [-0.25, -0.2) is 9.50 Å². The fourth-order valence-electron chi connectivity index (χ4n) is 2.53. The van der Waals surface area contributed by atoms with Gasteiger partial charge in [0, 0.05) is 37.3 Å². The van der Waals surface area contributed by atoms with Crippen molar-refractivity contribution in [1.82, 2.24) is 14.6 Å². The van der Waals surface area contributed by atoms with Gasteiger partial charge in [0.15, 0.2) is 5.65 Å². The van der Waals surface area contributed by atoms with E-state index in [0.29, 0.717) is 0 Å². The van der Waals surface area contributed by atoms with Crippen molar-refractivity contribution in [3.63, 3.8) is 0 Å². The Kier molecular flexibility index (Phi) is 3.91. The Morgan fingerprint density at radius 1 is 1.41 bits per heavy atom. The van der Waals surface area contributed by atoms with E-state index in [1.807, 2.05) is 19.2 Å². The van der Waals surface area contributed by atoms with Gasteiger partial charge >= 0.3 is 0 Å². The van der Waals surface area contributed by atoms with E-state index < -0.39 is 0 Å². The van der Waals surface area contributed by atoms with Crippen molar-refractivity contribution >= 4 is 23.4 Å². The molecule has 0 radical (unpaired) electrons.